The predicted octanol–water partition coefficient (Wildman–Crippen LogP) is 4.00. The number of esters is 1. The Labute approximate surface area is 171 Å². The number of rotatable bonds is 8. The Hall–Kier alpha value is -2.21. The number of ether oxygens (including phenoxy) is 3. The molecule has 6 nitrogen and oxygen atoms in total. The third-order valence-corrected chi connectivity index (χ3v) is 5.04. The molecular formula is C21H28ClNO5. The summed E-state index contributed by atoms with van der Waals surface area (Å²) in [5.41, 5.74) is 0.655. The second kappa shape index (κ2) is 11.0. The highest BCUT2D eigenvalue weighted by Gasteiger charge is 2.23. The van der Waals surface area contributed by atoms with Crippen molar-refractivity contribution >= 4 is 29.6 Å². The number of hydrogen-bond acceptors (Lipinski definition) is 5. The highest BCUT2D eigenvalue weighted by molar-refractivity contribution is 6.32. The van der Waals surface area contributed by atoms with E-state index in [1.165, 1.54) is 19.6 Å². The Morgan fingerprint density at radius 1 is 1.29 bits per heavy atom. The summed E-state index contributed by atoms with van der Waals surface area (Å²) in [7, 11) is 1.52. The van der Waals surface area contributed by atoms with Crippen LogP contribution >= 0.6 is 11.6 Å². The third kappa shape index (κ3) is 6.44. The molecule has 1 aliphatic rings. The fourth-order valence-electron chi connectivity index (χ4n) is 3.25. The van der Waals surface area contributed by atoms with E-state index in [0.717, 1.165) is 19.3 Å². The Balaban J connectivity index is 1.87. The zero-order valence-corrected chi connectivity index (χ0v) is 17.4. The molecule has 0 aliphatic heterocycles. The average molecular weight is 410 g/mol. The molecule has 28 heavy (non-hydrogen) atoms. The van der Waals surface area contributed by atoms with E-state index in [1.54, 1.807) is 18.2 Å². The lowest BCUT2D eigenvalue weighted by Gasteiger charge is -2.29. The summed E-state index contributed by atoms with van der Waals surface area (Å²) in [6.45, 7) is 4.15. The van der Waals surface area contributed by atoms with Gasteiger partial charge in [0, 0.05) is 12.1 Å². The van der Waals surface area contributed by atoms with Crippen LogP contribution in [0.4, 0.5) is 0 Å². The van der Waals surface area contributed by atoms with E-state index < -0.39 is 5.97 Å². The normalized spacial score (nSPS) is 19.3. The number of halogens is 1. The lowest BCUT2D eigenvalue weighted by atomic mass is 9.86. The average Bonchev–Trinajstić information content (AvgIpc) is 2.68. The number of benzene rings is 1. The van der Waals surface area contributed by atoms with Gasteiger partial charge in [-0.15, -0.1) is 0 Å². The lowest BCUT2D eigenvalue weighted by Crippen LogP contribution is -2.42. The molecule has 0 bridgehead atoms. The van der Waals surface area contributed by atoms with Gasteiger partial charge in [-0.2, -0.15) is 0 Å². The first kappa shape index (κ1) is 22.1. The first-order valence-corrected chi connectivity index (χ1v) is 9.97. The minimum absolute atomic E-state index is 0.161. The summed E-state index contributed by atoms with van der Waals surface area (Å²) < 4.78 is 15.8. The Bertz CT molecular complexity index is 719. The minimum atomic E-state index is -0.601. The summed E-state index contributed by atoms with van der Waals surface area (Å²) >= 11 is 6.21. The molecule has 0 unspecified atom stereocenters. The third-order valence-electron chi connectivity index (χ3n) is 4.76. The van der Waals surface area contributed by atoms with Crippen LogP contribution < -0.4 is 14.8 Å². The van der Waals surface area contributed by atoms with Crippen molar-refractivity contribution in [3.8, 4) is 11.5 Å². The summed E-state index contributed by atoms with van der Waals surface area (Å²) in [6.07, 6.45) is 7.21. The van der Waals surface area contributed by atoms with Gasteiger partial charge in [0.15, 0.2) is 18.1 Å². The second-order valence-electron chi connectivity index (χ2n) is 6.84. The molecule has 0 aromatic heterocycles. The topological polar surface area (TPSA) is 73.9 Å². The van der Waals surface area contributed by atoms with Gasteiger partial charge in [-0.05, 0) is 49.5 Å². The maximum Gasteiger partial charge on any atom is 0.331 e. The quantitative estimate of drug-likeness (QED) is 0.519. The Morgan fingerprint density at radius 3 is 2.71 bits per heavy atom. The second-order valence-corrected chi connectivity index (χ2v) is 7.25. The van der Waals surface area contributed by atoms with Gasteiger partial charge in [-0.3, -0.25) is 4.79 Å². The van der Waals surface area contributed by atoms with Crippen LogP contribution in [0.1, 0.15) is 45.1 Å². The molecule has 1 saturated carbocycles. The molecule has 1 aromatic carbocycles. The fraction of sp³-hybridized carbons (Fsp3) is 0.524. The molecule has 2 atom stereocenters. The van der Waals surface area contributed by atoms with Crippen molar-refractivity contribution in [1.82, 2.24) is 5.32 Å². The maximum atomic E-state index is 12.0. The van der Waals surface area contributed by atoms with Gasteiger partial charge in [0.05, 0.1) is 18.7 Å². The molecule has 1 N–H and O–H groups in total. The van der Waals surface area contributed by atoms with Crippen LogP contribution in [-0.2, 0) is 14.3 Å². The zero-order valence-electron chi connectivity index (χ0n) is 16.6. The lowest BCUT2D eigenvalue weighted by molar-refractivity contribution is -0.144. The van der Waals surface area contributed by atoms with Crippen molar-refractivity contribution in [1.29, 1.82) is 0 Å². The number of hydrogen-bond donors (Lipinski definition) is 1. The highest BCUT2D eigenvalue weighted by Crippen LogP contribution is 2.36. The van der Waals surface area contributed by atoms with Gasteiger partial charge < -0.3 is 19.5 Å². The van der Waals surface area contributed by atoms with E-state index in [0.29, 0.717) is 34.6 Å². The van der Waals surface area contributed by atoms with Gasteiger partial charge in [-0.1, -0.05) is 31.4 Å². The molecule has 0 saturated heterocycles. The largest absolute Gasteiger partial charge is 0.493 e. The van der Waals surface area contributed by atoms with Crippen molar-refractivity contribution in [3.05, 3.63) is 28.8 Å². The monoisotopic (exact) mass is 409 g/mol. The number of carbonyl (C=O) groups is 2. The molecule has 1 amide bonds. The van der Waals surface area contributed by atoms with E-state index in [-0.39, 0.29) is 18.6 Å². The van der Waals surface area contributed by atoms with Gasteiger partial charge in [0.1, 0.15) is 0 Å². The van der Waals surface area contributed by atoms with Crippen molar-refractivity contribution in [2.75, 3.05) is 20.3 Å². The van der Waals surface area contributed by atoms with Crippen LogP contribution in [0.3, 0.4) is 0 Å². The van der Waals surface area contributed by atoms with Crippen LogP contribution in [0, 0.1) is 5.92 Å². The summed E-state index contributed by atoms with van der Waals surface area (Å²) in [4.78, 5) is 23.9. The van der Waals surface area contributed by atoms with Crippen molar-refractivity contribution in [3.63, 3.8) is 0 Å². The first-order valence-electron chi connectivity index (χ1n) is 9.59. The Morgan fingerprint density at radius 2 is 2.04 bits per heavy atom. The molecule has 1 aliphatic carbocycles. The van der Waals surface area contributed by atoms with Gasteiger partial charge >= 0.3 is 5.97 Å². The molecule has 0 radical (unpaired) electrons. The summed E-state index contributed by atoms with van der Waals surface area (Å²) in [5.74, 6) is 0.512. The predicted molar refractivity (Wildman–Crippen MR) is 109 cm³/mol. The van der Waals surface area contributed by atoms with Crippen molar-refractivity contribution in [2.24, 2.45) is 5.92 Å². The maximum absolute atomic E-state index is 12.0. The minimum Gasteiger partial charge on any atom is -0.493 e. The first-order chi connectivity index (χ1) is 13.4. The fourth-order valence-corrected chi connectivity index (χ4v) is 3.52. The highest BCUT2D eigenvalue weighted by atomic mass is 35.5. The number of nitrogens with one attached hydrogen (secondary N) is 1. The van der Waals surface area contributed by atoms with E-state index in [1.807, 2.05) is 6.92 Å². The molecular weight excluding hydrogens is 382 g/mol. The molecule has 0 spiro atoms. The molecule has 0 heterocycles. The van der Waals surface area contributed by atoms with E-state index >= 15 is 0 Å². The van der Waals surface area contributed by atoms with E-state index in [4.69, 9.17) is 25.8 Å². The Kier molecular flexibility index (Phi) is 8.64. The number of carbonyl (C=O) groups excluding carboxylic acids is 2. The van der Waals surface area contributed by atoms with Crippen LogP contribution in [0.5, 0.6) is 11.5 Å². The van der Waals surface area contributed by atoms with Crippen LogP contribution in [0.25, 0.3) is 6.08 Å². The van der Waals surface area contributed by atoms with Crippen LogP contribution in [-0.4, -0.2) is 38.2 Å². The van der Waals surface area contributed by atoms with E-state index in [9.17, 15) is 9.59 Å². The van der Waals surface area contributed by atoms with Gasteiger partial charge in [-0.25, -0.2) is 4.79 Å². The molecule has 154 valence electrons. The molecule has 1 aromatic rings. The SMILES string of the molecule is CCOc1c(Cl)cc(/C=C/C(=O)OCC(=O)N[C@@H]2CCCC[C@H]2C)cc1OC. The molecule has 1 fully saturated rings. The summed E-state index contributed by atoms with van der Waals surface area (Å²) in [5, 5.41) is 3.33. The van der Waals surface area contributed by atoms with Crippen molar-refractivity contribution < 1.29 is 23.8 Å². The van der Waals surface area contributed by atoms with Gasteiger partial charge in [0.25, 0.3) is 5.91 Å². The zero-order chi connectivity index (χ0) is 20.5. The van der Waals surface area contributed by atoms with Crippen LogP contribution in [0.15, 0.2) is 18.2 Å². The summed E-state index contributed by atoms with van der Waals surface area (Å²) in [6, 6.07) is 3.53. The van der Waals surface area contributed by atoms with Gasteiger partial charge in [0.2, 0.25) is 0 Å². The molecule has 7 heteroatoms. The van der Waals surface area contributed by atoms with Crippen molar-refractivity contribution in [2.45, 2.75) is 45.6 Å². The van der Waals surface area contributed by atoms with Crippen LogP contribution in [0.2, 0.25) is 5.02 Å². The standard InChI is InChI=1S/C21H28ClNO5/c1-4-27-21-16(22)11-15(12-18(21)26-3)9-10-20(25)28-13-19(24)23-17-8-6-5-7-14(17)2/h9-12,14,17H,4-8,13H2,1-3H3,(H,23,24)/b10-9+/t14-,17-/m1/s1. The molecule has 2 rings (SSSR count). The van der Waals surface area contributed by atoms with E-state index in [2.05, 4.69) is 12.2 Å². The number of amides is 1. The number of methoxy groups -OCH3 is 1. The smallest absolute Gasteiger partial charge is 0.331 e.